The Bertz CT molecular complexity index is 523. The van der Waals surface area contributed by atoms with E-state index in [-0.39, 0.29) is 17.5 Å². The van der Waals surface area contributed by atoms with Gasteiger partial charge in [0.1, 0.15) is 6.26 Å². The van der Waals surface area contributed by atoms with Gasteiger partial charge in [-0.2, -0.15) is 0 Å². The largest absolute Gasteiger partial charge is 0.393 e. The van der Waals surface area contributed by atoms with E-state index >= 15 is 0 Å². The molecule has 2 N–H and O–H groups in total. The van der Waals surface area contributed by atoms with Gasteiger partial charge >= 0.3 is 0 Å². The molecule has 0 saturated heterocycles. The number of aliphatic hydroxyl groups excluding tert-OH is 1. The molecule has 1 aromatic carbocycles. The number of carbonyl (C=O) groups is 1. The molecule has 106 valence electrons. The second-order valence-electron chi connectivity index (χ2n) is 4.79. The molecule has 1 amide bonds. The summed E-state index contributed by atoms with van der Waals surface area (Å²) in [6.07, 6.45) is 1.52. The Labute approximate surface area is 117 Å². The van der Waals surface area contributed by atoms with Crippen LogP contribution in [0.15, 0.2) is 47.2 Å². The minimum atomic E-state index is -0.427. The Hall–Kier alpha value is -2.14. The number of hydrogen-bond acceptors (Lipinski definition) is 4. The van der Waals surface area contributed by atoms with Crippen molar-refractivity contribution >= 4 is 5.91 Å². The number of carbonyl (C=O) groups excluding carboxylic acids is 1. The lowest BCUT2D eigenvalue weighted by Gasteiger charge is -2.19. The second kappa shape index (κ2) is 6.86. The van der Waals surface area contributed by atoms with Crippen molar-refractivity contribution in [1.82, 2.24) is 10.5 Å². The Morgan fingerprint density at radius 2 is 2.10 bits per heavy atom. The first-order valence-electron chi connectivity index (χ1n) is 6.58. The summed E-state index contributed by atoms with van der Waals surface area (Å²) in [4.78, 5) is 11.8. The molecule has 0 fully saturated rings. The van der Waals surface area contributed by atoms with Crippen molar-refractivity contribution in [3.05, 3.63) is 53.9 Å². The van der Waals surface area contributed by atoms with E-state index in [1.807, 2.05) is 30.3 Å². The molecule has 2 rings (SSSR count). The highest BCUT2D eigenvalue weighted by atomic mass is 16.5. The molecular weight excluding hydrogens is 256 g/mol. The van der Waals surface area contributed by atoms with E-state index in [0.29, 0.717) is 13.0 Å². The Balaban J connectivity index is 2.00. The number of aliphatic hydroxyl groups is 1. The van der Waals surface area contributed by atoms with Crippen molar-refractivity contribution in [3.8, 4) is 0 Å². The highest BCUT2D eigenvalue weighted by Gasteiger charge is 2.16. The lowest BCUT2D eigenvalue weighted by Crippen LogP contribution is -2.29. The van der Waals surface area contributed by atoms with Gasteiger partial charge in [0.25, 0.3) is 5.91 Å². The summed E-state index contributed by atoms with van der Waals surface area (Å²) in [5, 5.41) is 16.0. The van der Waals surface area contributed by atoms with E-state index in [2.05, 4.69) is 15.0 Å². The molecular formula is C15H18N2O3. The lowest BCUT2D eigenvalue weighted by molar-refractivity contribution is 0.0936. The molecule has 20 heavy (non-hydrogen) atoms. The first-order chi connectivity index (χ1) is 9.66. The van der Waals surface area contributed by atoms with Crippen molar-refractivity contribution in [2.24, 2.45) is 0 Å². The lowest BCUT2D eigenvalue weighted by atomic mass is 9.93. The molecule has 0 spiro atoms. The van der Waals surface area contributed by atoms with E-state index in [1.54, 1.807) is 6.92 Å². The Morgan fingerprint density at radius 3 is 2.70 bits per heavy atom. The van der Waals surface area contributed by atoms with Gasteiger partial charge in [0.15, 0.2) is 5.69 Å². The van der Waals surface area contributed by atoms with Gasteiger partial charge in [-0.15, -0.1) is 0 Å². The normalized spacial score (nSPS) is 13.7. The van der Waals surface area contributed by atoms with Crippen LogP contribution in [0.25, 0.3) is 0 Å². The van der Waals surface area contributed by atoms with Gasteiger partial charge in [-0.25, -0.2) is 0 Å². The van der Waals surface area contributed by atoms with E-state index in [0.717, 1.165) is 5.56 Å². The number of rotatable bonds is 6. The molecule has 1 heterocycles. The van der Waals surface area contributed by atoms with Gasteiger partial charge in [0, 0.05) is 18.5 Å². The topological polar surface area (TPSA) is 75.4 Å². The predicted octanol–water partition coefficient (Wildman–Crippen LogP) is 1.96. The van der Waals surface area contributed by atoms with Crippen LogP contribution in [-0.2, 0) is 0 Å². The molecule has 0 radical (unpaired) electrons. The standard InChI is InChI=1S/C15H18N2O3/c1-11(18)9-13(12-5-3-2-4-6-12)10-16-15(19)14-7-8-20-17-14/h2-8,11,13,18H,9-10H2,1H3,(H,16,19). The number of aromatic nitrogens is 1. The van der Waals surface area contributed by atoms with Gasteiger partial charge in [0.2, 0.25) is 0 Å². The van der Waals surface area contributed by atoms with Crippen LogP contribution in [-0.4, -0.2) is 28.8 Å². The smallest absolute Gasteiger partial charge is 0.273 e. The maximum absolute atomic E-state index is 11.8. The van der Waals surface area contributed by atoms with Crippen molar-refractivity contribution < 1.29 is 14.4 Å². The molecule has 1 aromatic heterocycles. The fourth-order valence-electron chi connectivity index (χ4n) is 2.11. The van der Waals surface area contributed by atoms with E-state index in [9.17, 15) is 9.90 Å². The van der Waals surface area contributed by atoms with Crippen LogP contribution in [0, 0.1) is 0 Å². The highest BCUT2D eigenvalue weighted by molar-refractivity contribution is 5.91. The summed E-state index contributed by atoms with van der Waals surface area (Å²) >= 11 is 0. The molecule has 0 aliphatic rings. The number of nitrogens with one attached hydrogen (secondary N) is 1. The molecule has 0 aliphatic heterocycles. The summed E-state index contributed by atoms with van der Waals surface area (Å²) in [5.74, 6) is -0.211. The summed E-state index contributed by atoms with van der Waals surface area (Å²) in [7, 11) is 0. The van der Waals surface area contributed by atoms with Crippen molar-refractivity contribution in [1.29, 1.82) is 0 Å². The van der Waals surface area contributed by atoms with Crippen LogP contribution < -0.4 is 5.32 Å². The van der Waals surface area contributed by atoms with Crippen LogP contribution in [0.3, 0.4) is 0 Å². The predicted molar refractivity (Wildman–Crippen MR) is 74.3 cm³/mol. The maximum Gasteiger partial charge on any atom is 0.273 e. The first-order valence-corrected chi connectivity index (χ1v) is 6.58. The summed E-state index contributed by atoms with van der Waals surface area (Å²) in [6, 6.07) is 11.3. The molecule has 2 unspecified atom stereocenters. The minimum Gasteiger partial charge on any atom is -0.393 e. The number of benzene rings is 1. The monoisotopic (exact) mass is 274 g/mol. The van der Waals surface area contributed by atoms with Gasteiger partial charge in [-0.3, -0.25) is 4.79 Å². The molecule has 2 aromatic rings. The summed E-state index contributed by atoms with van der Waals surface area (Å²) in [5.41, 5.74) is 1.35. The quantitative estimate of drug-likeness (QED) is 0.844. The number of amides is 1. The average Bonchev–Trinajstić information content (AvgIpc) is 2.98. The van der Waals surface area contributed by atoms with Crippen molar-refractivity contribution in [2.75, 3.05) is 6.54 Å². The number of hydrogen-bond donors (Lipinski definition) is 2. The van der Waals surface area contributed by atoms with Crippen LogP contribution in [0.1, 0.15) is 35.3 Å². The van der Waals surface area contributed by atoms with Crippen LogP contribution >= 0.6 is 0 Å². The Morgan fingerprint density at radius 1 is 1.35 bits per heavy atom. The van der Waals surface area contributed by atoms with Gasteiger partial charge < -0.3 is 14.9 Å². The van der Waals surface area contributed by atoms with Crippen molar-refractivity contribution in [3.63, 3.8) is 0 Å². The third kappa shape index (κ3) is 3.93. The zero-order valence-corrected chi connectivity index (χ0v) is 11.3. The maximum atomic E-state index is 11.8. The first kappa shape index (κ1) is 14.3. The van der Waals surface area contributed by atoms with Crippen LogP contribution in [0.2, 0.25) is 0 Å². The molecule has 5 heteroatoms. The summed E-state index contributed by atoms with van der Waals surface area (Å²) in [6.45, 7) is 2.19. The van der Waals surface area contributed by atoms with Gasteiger partial charge in [-0.05, 0) is 18.9 Å². The second-order valence-corrected chi connectivity index (χ2v) is 4.79. The average molecular weight is 274 g/mol. The SMILES string of the molecule is CC(O)CC(CNC(=O)c1ccon1)c1ccccc1. The van der Waals surface area contributed by atoms with Crippen LogP contribution in [0.5, 0.6) is 0 Å². The zero-order valence-electron chi connectivity index (χ0n) is 11.3. The molecule has 5 nitrogen and oxygen atoms in total. The molecule has 0 aliphatic carbocycles. The van der Waals surface area contributed by atoms with E-state index < -0.39 is 6.10 Å². The van der Waals surface area contributed by atoms with Gasteiger partial charge in [-0.1, -0.05) is 35.5 Å². The Kier molecular flexibility index (Phi) is 4.90. The molecule has 2 atom stereocenters. The van der Waals surface area contributed by atoms with E-state index in [4.69, 9.17) is 0 Å². The minimum absolute atomic E-state index is 0.0621. The fraction of sp³-hybridized carbons (Fsp3) is 0.333. The third-order valence-electron chi connectivity index (χ3n) is 3.08. The molecule has 0 bridgehead atoms. The fourth-order valence-corrected chi connectivity index (χ4v) is 2.11. The molecule has 0 saturated carbocycles. The van der Waals surface area contributed by atoms with Gasteiger partial charge in [0.05, 0.1) is 6.10 Å². The highest BCUT2D eigenvalue weighted by Crippen LogP contribution is 2.20. The van der Waals surface area contributed by atoms with E-state index in [1.165, 1.54) is 12.3 Å². The zero-order chi connectivity index (χ0) is 14.4. The van der Waals surface area contributed by atoms with Crippen LogP contribution in [0.4, 0.5) is 0 Å². The van der Waals surface area contributed by atoms with Crippen molar-refractivity contribution in [2.45, 2.75) is 25.4 Å². The number of nitrogens with zero attached hydrogens (tertiary/aromatic N) is 1. The summed E-state index contributed by atoms with van der Waals surface area (Å²) < 4.78 is 4.64. The third-order valence-corrected chi connectivity index (χ3v) is 3.08.